The van der Waals surface area contributed by atoms with E-state index in [0.717, 1.165) is 0 Å². The van der Waals surface area contributed by atoms with Crippen LogP contribution in [0.25, 0.3) is 0 Å². The van der Waals surface area contributed by atoms with Crippen molar-refractivity contribution in [2.24, 2.45) is 17.8 Å². The second kappa shape index (κ2) is 5.87. The third-order valence-electron chi connectivity index (χ3n) is 7.10. The zero-order valence-electron chi connectivity index (χ0n) is 14.6. The van der Waals surface area contributed by atoms with Crippen LogP contribution in [0.4, 0.5) is 0 Å². The van der Waals surface area contributed by atoms with Gasteiger partial charge in [-0.05, 0) is 39.8 Å². The summed E-state index contributed by atoms with van der Waals surface area (Å²) in [5, 5.41) is 63.5. The number of fused-ring (bicyclic) bond motifs is 3. The molecule has 3 saturated carbocycles. The fraction of sp³-hybridized carbons (Fsp3) is 1.00. The van der Waals surface area contributed by atoms with E-state index in [0.29, 0.717) is 6.42 Å². The highest BCUT2D eigenvalue weighted by atomic mass is 16.4. The zero-order chi connectivity index (χ0) is 18.0. The van der Waals surface area contributed by atoms with Crippen molar-refractivity contribution in [2.75, 3.05) is 14.1 Å². The topological polar surface area (TPSA) is 125 Å². The summed E-state index contributed by atoms with van der Waals surface area (Å²) >= 11 is 0. The summed E-state index contributed by atoms with van der Waals surface area (Å²) in [5.74, 6) is -1.04. The molecule has 6 N–H and O–H groups in total. The first-order valence-corrected chi connectivity index (χ1v) is 8.85. The Balaban J connectivity index is 2.03. The van der Waals surface area contributed by atoms with Crippen LogP contribution in [0, 0.1) is 17.8 Å². The first-order chi connectivity index (χ1) is 11.0. The minimum Gasteiger partial charge on any atom is -0.390 e. The summed E-state index contributed by atoms with van der Waals surface area (Å²) in [6, 6.07) is -0.127. The van der Waals surface area contributed by atoms with Gasteiger partial charge in [0.05, 0.1) is 35.6 Å². The molecule has 3 aliphatic carbocycles. The lowest BCUT2D eigenvalue weighted by molar-refractivity contribution is -0.237. The Hall–Kier alpha value is -0.280. The maximum atomic E-state index is 11.4. The summed E-state index contributed by atoms with van der Waals surface area (Å²) in [6.07, 6.45) is -3.72. The normalized spacial score (nSPS) is 56.0. The maximum Gasteiger partial charge on any atom is 0.0994 e. The van der Waals surface area contributed by atoms with Crippen molar-refractivity contribution in [1.82, 2.24) is 4.90 Å². The molecule has 0 aromatic heterocycles. The molecule has 3 fully saturated rings. The van der Waals surface area contributed by atoms with E-state index in [9.17, 15) is 30.6 Å². The summed E-state index contributed by atoms with van der Waals surface area (Å²) < 4.78 is 0. The molecule has 0 spiro atoms. The maximum absolute atomic E-state index is 11.4. The number of hydrogen-bond donors (Lipinski definition) is 6. The van der Waals surface area contributed by atoms with Gasteiger partial charge in [-0.15, -0.1) is 0 Å². The molecular weight excluding hydrogens is 314 g/mol. The smallest absolute Gasteiger partial charge is 0.0994 e. The van der Waals surface area contributed by atoms with E-state index in [1.54, 1.807) is 0 Å². The van der Waals surface area contributed by atoms with E-state index in [2.05, 4.69) is 0 Å². The Morgan fingerprint density at radius 1 is 0.917 bits per heavy atom. The predicted octanol–water partition coefficient (Wildman–Crippen LogP) is -1.71. The molecule has 10 atom stereocenters. The van der Waals surface area contributed by atoms with Gasteiger partial charge in [0.25, 0.3) is 0 Å². The quantitative estimate of drug-likeness (QED) is 0.352. The molecule has 0 radical (unpaired) electrons. The second-order valence-electron chi connectivity index (χ2n) is 8.56. The van der Waals surface area contributed by atoms with Gasteiger partial charge in [0, 0.05) is 30.7 Å². The highest BCUT2D eigenvalue weighted by Crippen LogP contribution is 2.61. The van der Waals surface area contributed by atoms with Crippen molar-refractivity contribution in [3.63, 3.8) is 0 Å². The van der Waals surface area contributed by atoms with E-state index in [4.69, 9.17) is 0 Å². The van der Waals surface area contributed by atoms with Crippen LogP contribution < -0.4 is 0 Å². The fourth-order valence-corrected chi connectivity index (χ4v) is 5.67. The average molecular weight is 345 g/mol. The van der Waals surface area contributed by atoms with Gasteiger partial charge >= 0.3 is 0 Å². The Kier molecular flexibility index (Phi) is 4.53. The van der Waals surface area contributed by atoms with Gasteiger partial charge in [0.2, 0.25) is 0 Å². The number of hydrogen-bond acceptors (Lipinski definition) is 7. The van der Waals surface area contributed by atoms with Crippen LogP contribution in [-0.2, 0) is 0 Å². The van der Waals surface area contributed by atoms with Crippen LogP contribution in [0.2, 0.25) is 0 Å². The summed E-state index contributed by atoms with van der Waals surface area (Å²) in [7, 11) is 3.75. The van der Waals surface area contributed by atoms with Gasteiger partial charge in [0.15, 0.2) is 0 Å². The second-order valence-corrected chi connectivity index (χ2v) is 8.56. The molecular formula is C17H31NO6. The predicted molar refractivity (Wildman–Crippen MR) is 86.0 cm³/mol. The lowest BCUT2D eigenvalue weighted by Gasteiger charge is -2.53. The van der Waals surface area contributed by atoms with Gasteiger partial charge in [-0.25, -0.2) is 0 Å². The van der Waals surface area contributed by atoms with E-state index < -0.39 is 47.5 Å². The van der Waals surface area contributed by atoms with Gasteiger partial charge in [-0.2, -0.15) is 0 Å². The van der Waals surface area contributed by atoms with Crippen LogP contribution in [0.3, 0.4) is 0 Å². The lowest BCUT2D eigenvalue weighted by Crippen LogP contribution is -2.66. The molecule has 0 bridgehead atoms. The fourth-order valence-electron chi connectivity index (χ4n) is 5.67. The summed E-state index contributed by atoms with van der Waals surface area (Å²) in [6.45, 7) is 1.93. The first-order valence-electron chi connectivity index (χ1n) is 8.85. The third kappa shape index (κ3) is 2.45. The molecule has 0 aromatic carbocycles. The average Bonchev–Trinajstić information content (AvgIpc) is 2.67. The number of rotatable bonds is 2. The van der Waals surface area contributed by atoms with Crippen molar-refractivity contribution < 1.29 is 30.6 Å². The van der Waals surface area contributed by atoms with Crippen molar-refractivity contribution in [2.45, 2.75) is 74.3 Å². The molecule has 24 heavy (non-hydrogen) atoms. The van der Waals surface area contributed by atoms with Crippen LogP contribution in [0.1, 0.15) is 32.6 Å². The monoisotopic (exact) mass is 345 g/mol. The largest absolute Gasteiger partial charge is 0.390 e. The van der Waals surface area contributed by atoms with Crippen LogP contribution in [-0.4, -0.2) is 91.3 Å². The Morgan fingerprint density at radius 3 is 2.08 bits per heavy atom. The minimum absolute atomic E-state index is 0.0904. The molecule has 0 aliphatic heterocycles. The molecule has 3 rings (SSSR count). The standard InChI is InChI=1S/C17H31NO6/c1-8(18(2)3)13-14-9(4-10(19)15(13)22)5-16(23)6-11(20)12(21)7-17(14,16)24/h8-15,19-24H,4-7H2,1-3H3. The Labute approximate surface area is 142 Å². The molecule has 0 heterocycles. The SMILES string of the molecule is CC(C1C(O)C(O)CC2CC3(O)CC(O)C(O)CC3(O)C21)N(C)C. The van der Waals surface area contributed by atoms with Crippen LogP contribution in [0.15, 0.2) is 0 Å². The molecule has 0 saturated heterocycles. The zero-order valence-corrected chi connectivity index (χ0v) is 14.6. The molecule has 7 nitrogen and oxygen atoms in total. The highest BCUT2D eigenvalue weighted by Gasteiger charge is 2.70. The van der Waals surface area contributed by atoms with Crippen LogP contribution >= 0.6 is 0 Å². The third-order valence-corrected chi connectivity index (χ3v) is 7.10. The van der Waals surface area contributed by atoms with Gasteiger partial charge in [-0.1, -0.05) is 0 Å². The first kappa shape index (κ1) is 18.5. The molecule has 10 unspecified atom stereocenters. The van der Waals surface area contributed by atoms with Crippen LogP contribution in [0.5, 0.6) is 0 Å². The van der Waals surface area contributed by atoms with Crippen molar-refractivity contribution in [3.8, 4) is 0 Å². The molecule has 3 aliphatic rings. The van der Waals surface area contributed by atoms with Gasteiger partial charge in [-0.3, -0.25) is 0 Å². The minimum atomic E-state index is -1.58. The van der Waals surface area contributed by atoms with Gasteiger partial charge < -0.3 is 35.5 Å². The van der Waals surface area contributed by atoms with Gasteiger partial charge in [0.1, 0.15) is 0 Å². The van der Waals surface area contributed by atoms with Crippen molar-refractivity contribution in [1.29, 1.82) is 0 Å². The summed E-state index contributed by atoms with van der Waals surface area (Å²) in [4.78, 5) is 1.93. The number of nitrogens with zero attached hydrogens (tertiary/aromatic N) is 1. The van der Waals surface area contributed by atoms with Crippen molar-refractivity contribution >= 4 is 0 Å². The number of aliphatic hydroxyl groups excluding tert-OH is 4. The Bertz CT molecular complexity index is 486. The van der Waals surface area contributed by atoms with E-state index in [1.807, 2.05) is 25.9 Å². The van der Waals surface area contributed by atoms with Crippen molar-refractivity contribution in [3.05, 3.63) is 0 Å². The lowest BCUT2D eigenvalue weighted by atomic mass is 9.60. The van der Waals surface area contributed by atoms with E-state index in [-0.39, 0.29) is 31.2 Å². The molecule has 7 heteroatoms. The number of aliphatic hydroxyl groups is 6. The van der Waals surface area contributed by atoms with E-state index >= 15 is 0 Å². The Morgan fingerprint density at radius 2 is 1.50 bits per heavy atom. The molecule has 140 valence electrons. The van der Waals surface area contributed by atoms with E-state index in [1.165, 1.54) is 0 Å². The summed E-state index contributed by atoms with van der Waals surface area (Å²) in [5.41, 5.74) is -3.08. The molecule has 0 amide bonds. The molecule has 0 aromatic rings. The highest BCUT2D eigenvalue weighted by molar-refractivity contribution is 5.21.